The van der Waals surface area contributed by atoms with E-state index in [2.05, 4.69) is 0 Å². The average Bonchev–Trinajstić information content (AvgIpc) is 2.29. The molecule has 0 radical (unpaired) electrons. The molecule has 1 N–H and O–H groups in total. The normalized spacial score (nSPS) is 13.3. The maximum atomic E-state index is 13.3. The van der Waals surface area contributed by atoms with E-state index in [0.717, 1.165) is 25.1 Å². The van der Waals surface area contributed by atoms with Gasteiger partial charge in [0.1, 0.15) is 0 Å². The van der Waals surface area contributed by atoms with E-state index in [9.17, 15) is 35.5 Å². The zero-order chi connectivity index (χ0) is 16.6. The van der Waals surface area contributed by atoms with Gasteiger partial charge in [-0.25, -0.2) is 0 Å². The van der Waals surface area contributed by atoms with Crippen LogP contribution in [0.5, 0.6) is 0 Å². The predicted molar refractivity (Wildman–Crippen MR) is 59.5 cm³/mol. The van der Waals surface area contributed by atoms with E-state index >= 15 is 0 Å². The number of alkyl halides is 7. The number of aryl methyl sites for hydroxylation is 1. The first kappa shape index (κ1) is 17.8. The summed E-state index contributed by atoms with van der Waals surface area (Å²) in [7, 11) is 0. The molecular formula is C11H7F7O2Se. The van der Waals surface area contributed by atoms with Crippen molar-refractivity contribution in [2.75, 3.05) is 0 Å². The summed E-state index contributed by atoms with van der Waals surface area (Å²) < 4.78 is 87.7. The summed E-state index contributed by atoms with van der Waals surface area (Å²) in [5.74, 6) is -7.53. The number of carboxylic acids is 1. The molecule has 1 aromatic rings. The second kappa shape index (κ2) is 5.49. The van der Waals surface area contributed by atoms with Gasteiger partial charge in [0, 0.05) is 0 Å². The molecule has 0 aliphatic rings. The summed E-state index contributed by atoms with van der Waals surface area (Å²) in [6.45, 7) is 1.16. The number of aromatic carboxylic acids is 1. The minimum absolute atomic E-state index is 0.0902. The van der Waals surface area contributed by atoms with Crippen molar-refractivity contribution in [1.29, 1.82) is 0 Å². The van der Waals surface area contributed by atoms with Crippen LogP contribution in [0.25, 0.3) is 0 Å². The van der Waals surface area contributed by atoms with Crippen LogP contribution in [-0.2, 0) is 0 Å². The topological polar surface area (TPSA) is 37.3 Å². The molecule has 0 aliphatic heterocycles. The third kappa shape index (κ3) is 3.49. The molecule has 0 bridgehead atoms. The monoisotopic (exact) mass is 384 g/mol. The zero-order valence-corrected chi connectivity index (χ0v) is 11.9. The van der Waals surface area contributed by atoms with Gasteiger partial charge in [0.2, 0.25) is 0 Å². The first-order chi connectivity index (χ1) is 9.29. The molecule has 0 unspecified atom stereocenters. The van der Waals surface area contributed by atoms with E-state index in [1.807, 2.05) is 0 Å². The molecule has 1 rings (SSSR count). The first-order valence-corrected chi connectivity index (χ1v) is 6.86. The van der Waals surface area contributed by atoms with E-state index in [1.54, 1.807) is 0 Å². The van der Waals surface area contributed by atoms with Gasteiger partial charge in [-0.1, -0.05) is 0 Å². The predicted octanol–water partition coefficient (Wildman–Crippen LogP) is 2.81. The fraction of sp³-hybridized carbons (Fsp3) is 0.364. The number of hydrogen-bond donors (Lipinski definition) is 1. The van der Waals surface area contributed by atoms with Crippen LogP contribution in [0.3, 0.4) is 0 Å². The molecule has 2 nitrogen and oxygen atoms in total. The van der Waals surface area contributed by atoms with Crippen LogP contribution in [0.1, 0.15) is 15.9 Å². The van der Waals surface area contributed by atoms with Crippen LogP contribution in [-0.4, -0.2) is 43.0 Å². The van der Waals surface area contributed by atoms with E-state index in [4.69, 9.17) is 5.11 Å². The van der Waals surface area contributed by atoms with Crippen molar-refractivity contribution >= 4 is 25.4 Å². The van der Waals surface area contributed by atoms with Gasteiger partial charge < -0.3 is 0 Å². The van der Waals surface area contributed by atoms with Crippen molar-refractivity contribution in [3.8, 4) is 0 Å². The van der Waals surface area contributed by atoms with Gasteiger partial charge in [-0.05, 0) is 0 Å². The number of rotatable bonds is 4. The van der Waals surface area contributed by atoms with Gasteiger partial charge in [-0.15, -0.1) is 0 Å². The molecule has 0 spiro atoms. The van der Waals surface area contributed by atoms with Crippen molar-refractivity contribution in [1.82, 2.24) is 0 Å². The Bertz CT molecular complexity index is 554. The Balaban J connectivity index is 3.13. The number of halogens is 7. The fourth-order valence-electron chi connectivity index (χ4n) is 1.26. The van der Waals surface area contributed by atoms with Gasteiger partial charge in [0.25, 0.3) is 0 Å². The molecule has 21 heavy (non-hydrogen) atoms. The Morgan fingerprint density at radius 2 is 1.62 bits per heavy atom. The summed E-state index contributed by atoms with van der Waals surface area (Å²) >= 11 is -2.52. The van der Waals surface area contributed by atoms with Crippen LogP contribution < -0.4 is 4.46 Å². The standard InChI is InChI=1S/C11H7F7O2Se/c1-5-4-6(8(19)20)2-3-7(5)21-11(17,18)9(12,13)10(14,15)16/h2-4H,1H3,(H,19,20). The summed E-state index contributed by atoms with van der Waals surface area (Å²) in [4.78, 5) is 5.34. The van der Waals surface area contributed by atoms with Crippen molar-refractivity contribution in [3.05, 3.63) is 29.3 Å². The summed E-state index contributed by atoms with van der Waals surface area (Å²) in [6, 6.07) is 2.62. The van der Waals surface area contributed by atoms with Crippen molar-refractivity contribution in [2.45, 2.75) is 23.8 Å². The van der Waals surface area contributed by atoms with Crippen molar-refractivity contribution < 1.29 is 40.6 Å². The molecule has 0 saturated heterocycles. The number of benzene rings is 1. The molecule has 0 saturated carbocycles. The Morgan fingerprint density at radius 3 is 2.00 bits per heavy atom. The van der Waals surface area contributed by atoms with Gasteiger partial charge in [0.15, 0.2) is 0 Å². The maximum absolute atomic E-state index is 13.3. The van der Waals surface area contributed by atoms with E-state index in [-0.39, 0.29) is 11.1 Å². The number of hydrogen-bond acceptors (Lipinski definition) is 1. The second-order valence-corrected chi connectivity index (χ2v) is 6.40. The number of carboxylic acid groups (broad SMARTS) is 1. The van der Waals surface area contributed by atoms with Gasteiger partial charge >= 0.3 is 119 Å². The minimum atomic E-state index is -6.37. The van der Waals surface area contributed by atoms with Crippen LogP contribution in [0.2, 0.25) is 0 Å². The van der Waals surface area contributed by atoms with Crippen LogP contribution in [0, 0.1) is 6.92 Å². The first-order valence-electron chi connectivity index (χ1n) is 5.15. The molecule has 10 heteroatoms. The molecule has 0 heterocycles. The van der Waals surface area contributed by atoms with Crippen LogP contribution >= 0.6 is 0 Å². The van der Waals surface area contributed by atoms with Gasteiger partial charge in [-0.2, -0.15) is 0 Å². The van der Waals surface area contributed by atoms with Crippen molar-refractivity contribution in [2.24, 2.45) is 0 Å². The molecule has 0 aromatic heterocycles. The number of carbonyl (C=O) groups is 1. The van der Waals surface area contributed by atoms with E-state index in [1.165, 1.54) is 0 Å². The fourth-order valence-corrected chi connectivity index (χ4v) is 3.10. The van der Waals surface area contributed by atoms with Crippen molar-refractivity contribution in [3.63, 3.8) is 0 Å². The van der Waals surface area contributed by atoms with E-state index < -0.39 is 42.3 Å². The zero-order valence-electron chi connectivity index (χ0n) is 10.1. The second-order valence-electron chi connectivity index (χ2n) is 3.98. The quantitative estimate of drug-likeness (QED) is 0.642. The summed E-state index contributed by atoms with van der Waals surface area (Å²) in [5.41, 5.74) is -0.370. The third-order valence-corrected chi connectivity index (χ3v) is 4.88. The third-order valence-electron chi connectivity index (χ3n) is 2.38. The Kier molecular flexibility index (Phi) is 4.65. The summed E-state index contributed by atoms with van der Waals surface area (Å²) in [6.07, 6.45) is -6.37. The van der Waals surface area contributed by atoms with Gasteiger partial charge in [-0.3, -0.25) is 0 Å². The molecule has 0 fully saturated rings. The Hall–Kier alpha value is -1.28. The molecule has 1 aromatic carbocycles. The summed E-state index contributed by atoms with van der Waals surface area (Å²) in [5, 5.41) is 8.66. The Labute approximate surface area is 120 Å². The molecular weight excluding hydrogens is 376 g/mol. The molecule has 0 amide bonds. The SMILES string of the molecule is Cc1cc(C(=O)O)ccc1[Se]C(F)(F)C(F)(F)C(F)(F)F. The average molecular weight is 383 g/mol. The molecule has 0 aliphatic carbocycles. The molecule has 0 atom stereocenters. The van der Waals surface area contributed by atoms with Crippen LogP contribution in [0.4, 0.5) is 30.7 Å². The van der Waals surface area contributed by atoms with Crippen LogP contribution in [0.15, 0.2) is 18.2 Å². The van der Waals surface area contributed by atoms with E-state index in [0.29, 0.717) is 0 Å². The Morgan fingerprint density at radius 1 is 1.10 bits per heavy atom. The van der Waals surface area contributed by atoms with Gasteiger partial charge in [0.05, 0.1) is 0 Å². The molecule has 118 valence electrons.